The normalized spacial score (nSPS) is 12.6. The highest BCUT2D eigenvalue weighted by Gasteiger charge is 2.19. The number of nitrogens with zero attached hydrogens (tertiary/aromatic N) is 2. The third kappa shape index (κ3) is 5.41. The molecule has 0 aliphatic heterocycles. The van der Waals surface area contributed by atoms with Crippen molar-refractivity contribution in [1.82, 2.24) is 9.88 Å². The number of aromatic nitrogens is 1. The Morgan fingerprint density at radius 1 is 1.15 bits per heavy atom. The molecule has 1 N–H and O–H groups in total. The van der Waals surface area contributed by atoms with Crippen LogP contribution < -0.4 is 24.8 Å². The fourth-order valence-corrected chi connectivity index (χ4v) is 4.53. The smallest absolute Gasteiger partial charge is 0.387 e. The number of amides is 1. The van der Waals surface area contributed by atoms with E-state index < -0.39 is 18.1 Å². The summed E-state index contributed by atoms with van der Waals surface area (Å²) in [5.74, 6) is -0.573. The number of alkyl halides is 2. The van der Waals surface area contributed by atoms with Crippen LogP contribution in [0.4, 0.5) is 8.78 Å². The summed E-state index contributed by atoms with van der Waals surface area (Å²) in [6.07, 6.45) is 1.59. The molecule has 2 aromatic carbocycles. The van der Waals surface area contributed by atoms with E-state index in [0.717, 1.165) is 22.5 Å². The fraction of sp³-hybridized carbons (Fsp3) is 0.240. The van der Waals surface area contributed by atoms with Gasteiger partial charge in [0.15, 0.2) is 5.57 Å². The Morgan fingerprint density at radius 2 is 1.76 bits per heavy atom. The lowest BCUT2D eigenvalue weighted by molar-refractivity contribution is -0.116. The highest BCUT2D eigenvalue weighted by molar-refractivity contribution is 7.07. The summed E-state index contributed by atoms with van der Waals surface area (Å²) in [6, 6.07) is 13.2. The van der Waals surface area contributed by atoms with Crippen molar-refractivity contribution in [3.8, 4) is 17.5 Å². The first-order valence-corrected chi connectivity index (χ1v) is 11.2. The number of carbonyl (C=O) groups excluding carboxylic acids is 1. The maximum absolute atomic E-state index is 13.5. The predicted molar refractivity (Wildman–Crippen MR) is 128 cm³/mol. The Kier molecular flexibility index (Phi) is 7.64. The third-order valence-electron chi connectivity index (χ3n) is 4.86. The third-order valence-corrected chi connectivity index (χ3v) is 5.95. The van der Waals surface area contributed by atoms with Gasteiger partial charge in [-0.1, -0.05) is 30.3 Å². The van der Waals surface area contributed by atoms with Crippen molar-refractivity contribution in [3.05, 3.63) is 78.7 Å². The number of benzene rings is 2. The molecule has 0 fully saturated rings. The monoisotopic (exact) mass is 483 g/mol. The van der Waals surface area contributed by atoms with E-state index in [4.69, 9.17) is 0 Å². The van der Waals surface area contributed by atoms with Gasteiger partial charge in [-0.2, -0.15) is 14.0 Å². The van der Waals surface area contributed by atoms with Crippen LogP contribution in [0.25, 0.3) is 17.3 Å². The van der Waals surface area contributed by atoms with Crippen molar-refractivity contribution in [2.45, 2.75) is 40.3 Å². The Morgan fingerprint density at radius 3 is 2.29 bits per heavy atom. The molecule has 1 amide bonds. The van der Waals surface area contributed by atoms with Crippen LogP contribution in [0.15, 0.2) is 47.3 Å². The summed E-state index contributed by atoms with van der Waals surface area (Å²) < 4.78 is 31.1. The highest BCUT2D eigenvalue weighted by atomic mass is 32.1. The molecule has 6 nitrogen and oxygen atoms in total. The molecule has 0 radical (unpaired) electrons. The SMILES string of the molecule is Cc1cccc(C)c1-n1c(=C(C#N)C(=O)NC(C)C)sc(=Cc2ccc(OC(F)F)cc2)c1=O. The zero-order valence-electron chi connectivity index (χ0n) is 19.1. The van der Waals surface area contributed by atoms with Crippen LogP contribution >= 0.6 is 11.3 Å². The molecule has 1 heterocycles. The molecular weight excluding hydrogens is 460 g/mol. The van der Waals surface area contributed by atoms with Gasteiger partial charge in [0, 0.05) is 6.04 Å². The second kappa shape index (κ2) is 10.4. The molecule has 3 aromatic rings. The highest BCUT2D eigenvalue weighted by Crippen LogP contribution is 2.17. The lowest BCUT2D eigenvalue weighted by Crippen LogP contribution is -2.36. The van der Waals surface area contributed by atoms with Gasteiger partial charge in [-0.05, 0) is 62.6 Å². The van der Waals surface area contributed by atoms with E-state index in [1.807, 2.05) is 38.1 Å². The van der Waals surface area contributed by atoms with E-state index in [1.165, 1.54) is 16.7 Å². The zero-order valence-corrected chi connectivity index (χ0v) is 19.9. The van der Waals surface area contributed by atoms with Crippen LogP contribution in [0.2, 0.25) is 0 Å². The Bertz CT molecular complexity index is 1410. The predicted octanol–water partition coefficient (Wildman–Crippen LogP) is 3.14. The zero-order chi connectivity index (χ0) is 25.0. The van der Waals surface area contributed by atoms with Gasteiger partial charge in [0.1, 0.15) is 16.5 Å². The minimum absolute atomic E-state index is 0.00239. The van der Waals surface area contributed by atoms with E-state index in [-0.39, 0.29) is 26.6 Å². The van der Waals surface area contributed by atoms with Crippen LogP contribution in [0.5, 0.6) is 5.75 Å². The Hall–Kier alpha value is -3.77. The lowest BCUT2D eigenvalue weighted by atomic mass is 10.1. The lowest BCUT2D eigenvalue weighted by Gasteiger charge is -2.11. The average Bonchev–Trinajstić information content (AvgIpc) is 3.05. The molecule has 0 bridgehead atoms. The largest absolute Gasteiger partial charge is 0.435 e. The number of carbonyl (C=O) groups is 1. The van der Waals surface area contributed by atoms with Crippen LogP contribution in [-0.2, 0) is 4.79 Å². The summed E-state index contributed by atoms with van der Waals surface area (Å²) in [4.78, 5) is 26.3. The van der Waals surface area contributed by atoms with Crippen molar-refractivity contribution in [1.29, 1.82) is 5.26 Å². The first kappa shape index (κ1) is 24.9. The maximum Gasteiger partial charge on any atom is 0.387 e. The van der Waals surface area contributed by atoms with Gasteiger partial charge in [-0.3, -0.25) is 14.2 Å². The van der Waals surface area contributed by atoms with E-state index in [2.05, 4.69) is 10.1 Å². The Labute approximate surface area is 199 Å². The molecule has 0 spiro atoms. The minimum Gasteiger partial charge on any atom is -0.435 e. The van der Waals surface area contributed by atoms with Crippen molar-refractivity contribution < 1.29 is 18.3 Å². The van der Waals surface area contributed by atoms with Gasteiger partial charge in [0.05, 0.1) is 10.2 Å². The average molecular weight is 484 g/mol. The van der Waals surface area contributed by atoms with Crippen molar-refractivity contribution in [3.63, 3.8) is 0 Å². The van der Waals surface area contributed by atoms with Gasteiger partial charge in [0.25, 0.3) is 11.5 Å². The number of halogens is 2. The number of aryl methyl sites for hydroxylation is 2. The summed E-state index contributed by atoms with van der Waals surface area (Å²) in [5, 5.41) is 12.5. The number of para-hydroxylation sites is 1. The molecule has 0 saturated carbocycles. The second-order valence-electron chi connectivity index (χ2n) is 7.86. The molecule has 0 unspecified atom stereocenters. The molecule has 176 valence electrons. The van der Waals surface area contributed by atoms with Crippen LogP contribution in [-0.4, -0.2) is 23.1 Å². The minimum atomic E-state index is -2.93. The number of nitriles is 1. The number of ether oxygens (including phenoxy) is 1. The molecule has 9 heteroatoms. The first-order chi connectivity index (χ1) is 16.1. The number of thiazole rings is 1. The van der Waals surface area contributed by atoms with Crippen LogP contribution in [0.3, 0.4) is 0 Å². The molecular formula is C25H23F2N3O3S. The quantitative estimate of drug-likeness (QED) is 0.584. The van der Waals surface area contributed by atoms with E-state index in [0.29, 0.717) is 11.3 Å². The fourth-order valence-electron chi connectivity index (χ4n) is 3.44. The molecule has 3 rings (SSSR count). The molecule has 34 heavy (non-hydrogen) atoms. The summed E-state index contributed by atoms with van der Waals surface area (Å²) in [7, 11) is 0. The summed E-state index contributed by atoms with van der Waals surface area (Å²) in [5.41, 5.74) is 2.23. The van der Waals surface area contributed by atoms with Gasteiger partial charge in [-0.25, -0.2) is 0 Å². The van der Waals surface area contributed by atoms with E-state index in [1.54, 1.807) is 32.1 Å². The number of hydrogen-bond acceptors (Lipinski definition) is 5. The van der Waals surface area contributed by atoms with Crippen LogP contribution in [0, 0.1) is 25.2 Å². The van der Waals surface area contributed by atoms with E-state index >= 15 is 0 Å². The standard InChI is InChI=1S/C25H23F2N3O3S/c1-14(2)29-22(31)19(13-28)24-30(21-15(3)6-5-7-16(21)4)23(32)20(34-24)12-17-8-10-18(11-9-17)33-25(26)27/h5-12,14,25H,1-4H3,(H,29,31). The molecule has 1 aromatic heterocycles. The number of nitrogens with one attached hydrogen (secondary N) is 1. The van der Waals surface area contributed by atoms with Crippen molar-refractivity contribution in [2.24, 2.45) is 0 Å². The molecule has 0 atom stereocenters. The maximum atomic E-state index is 13.5. The number of rotatable bonds is 6. The molecule has 0 aliphatic carbocycles. The van der Waals surface area contributed by atoms with Gasteiger partial charge in [-0.15, -0.1) is 11.3 Å². The second-order valence-corrected chi connectivity index (χ2v) is 8.89. The number of hydrogen-bond donors (Lipinski definition) is 1. The summed E-state index contributed by atoms with van der Waals surface area (Å²) >= 11 is 1.02. The Balaban J connectivity index is 2.32. The van der Waals surface area contributed by atoms with Gasteiger partial charge < -0.3 is 10.1 Å². The van der Waals surface area contributed by atoms with Crippen molar-refractivity contribution in [2.75, 3.05) is 0 Å². The molecule has 0 aliphatic rings. The first-order valence-electron chi connectivity index (χ1n) is 10.4. The summed E-state index contributed by atoms with van der Waals surface area (Å²) in [6.45, 7) is 4.32. The molecule has 0 saturated heterocycles. The van der Waals surface area contributed by atoms with Gasteiger partial charge >= 0.3 is 6.61 Å². The van der Waals surface area contributed by atoms with Gasteiger partial charge in [0.2, 0.25) is 0 Å². The topological polar surface area (TPSA) is 84.1 Å². The van der Waals surface area contributed by atoms with Crippen LogP contribution in [0.1, 0.15) is 30.5 Å². The van der Waals surface area contributed by atoms with Crippen molar-refractivity contribution >= 4 is 28.9 Å². The van der Waals surface area contributed by atoms with E-state index in [9.17, 15) is 23.6 Å².